The second kappa shape index (κ2) is 6.15. The van der Waals surface area contributed by atoms with E-state index in [2.05, 4.69) is 4.98 Å². The molecule has 18 heavy (non-hydrogen) atoms. The zero-order valence-corrected chi connectivity index (χ0v) is 11.4. The Morgan fingerprint density at radius 1 is 1.67 bits per heavy atom. The van der Waals surface area contributed by atoms with Crippen LogP contribution >= 0.6 is 11.3 Å². The van der Waals surface area contributed by atoms with E-state index < -0.39 is 0 Å². The highest BCUT2D eigenvalue weighted by molar-refractivity contribution is 7.13. The van der Waals surface area contributed by atoms with Crippen molar-refractivity contribution < 1.29 is 9.53 Å². The van der Waals surface area contributed by atoms with Crippen LogP contribution in [0.4, 0.5) is 5.13 Å². The molecule has 0 aromatic carbocycles. The van der Waals surface area contributed by atoms with Crippen molar-refractivity contribution in [3.05, 3.63) is 11.1 Å². The number of hydrogen-bond acceptors (Lipinski definition) is 5. The summed E-state index contributed by atoms with van der Waals surface area (Å²) in [7, 11) is 1.82. The number of carbonyl (C=O) groups excluding carboxylic acids is 1. The van der Waals surface area contributed by atoms with Crippen LogP contribution in [-0.4, -0.2) is 42.1 Å². The quantitative estimate of drug-likeness (QED) is 0.894. The molecule has 1 aliphatic heterocycles. The third-order valence-corrected chi connectivity index (χ3v) is 3.80. The topological polar surface area (TPSA) is 68.5 Å². The van der Waals surface area contributed by atoms with Crippen molar-refractivity contribution in [2.45, 2.75) is 31.8 Å². The summed E-state index contributed by atoms with van der Waals surface area (Å²) < 4.78 is 5.63. The van der Waals surface area contributed by atoms with Gasteiger partial charge in [0.25, 0.3) is 0 Å². The number of ether oxygens (including phenoxy) is 1. The van der Waals surface area contributed by atoms with Gasteiger partial charge in [0, 0.05) is 25.6 Å². The maximum atomic E-state index is 12.0. The molecule has 0 saturated carbocycles. The van der Waals surface area contributed by atoms with Crippen molar-refractivity contribution >= 4 is 22.4 Å². The van der Waals surface area contributed by atoms with E-state index in [1.54, 1.807) is 4.90 Å². The summed E-state index contributed by atoms with van der Waals surface area (Å²) in [6.45, 7) is 1.48. The molecular weight excluding hydrogens is 250 g/mol. The largest absolute Gasteiger partial charge is 0.376 e. The molecule has 1 saturated heterocycles. The highest BCUT2D eigenvalue weighted by Gasteiger charge is 2.19. The van der Waals surface area contributed by atoms with Gasteiger partial charge in [-0.25, -0.2) is 4.98 Å². The second-order valence-electron chi connectivity index (χ2n) is 4.62. The maximum Gasteiger partial charge on any atom is 0.228 e. The molecule has 1 fully saturated rings. The van der Waals surface area contributed by atoms with Gasteiger partial charge >= 0.3 is 0 Å². The molecule has 1 atom stereocenters. The summed E-state index contributed by atoms with van der Waals surface area (Å²) in [6, 6.07) is 0. The molecular formula is C12H19N3O2S. The summed E-state index contributed by atoms with van der Waals surface area (Å²) in [5.74, 6) is 0.0643. The molecule has 0 bridgehead atoms. The van der Waals surface area contributed by atoms with Gasteiger partial charge in [-0.15, -0.1) is 11.3 Å². The number of rotatable bonds is 4. The molecule has 5 nitrogen and oxygen atoms in total. The molecule has 1 aromatic heterocycles. The number of likely N-dealkylation sites (N-methyl/N-ethyl adjacent to an activating group) is 1. The van der Waals surface area contributed by atoms with Crippen molar-refractivity contribution in [1.82, 2.24) is 9.88 Å². The van der Waals surface area contributed by atoms with Crippen molar-refractivity contribution in [2.75, 3.05) is 25.9 Å². The first-order valence-corrected chi connectivity index (χ1v) is 7.08. The predicted molar refractivity (Wildman–Crippen MR) is 71.5 cm³/mol. The van der Waals surface area contributed by atoms with Gasteiger partial charge in [0.2, 0.25) is 5.91 Å². The number of hydrogen-bond donors (Lipinski definition) is 1. The van der Waals surface area contributed by atoms with E-state index >= 15 is 0 Å². The van der Waals surface area contributed by atoms with E-state index in [4.69, 9.17) is 10.5 Å². The highest BCUT2D eigenvalue weighted by atomic mass is 32.1. The standard InChI is InChI=1S/C12H19N3O2S/c1-15(7-10-4-2-3-5-17-10)11(16)6-9-8-18-12(13)14-9/h8,10H,2-7H2,1H3,(H2,13,14). The van der Waals surface area contributed by atoms with Crippen LogP contribution in [0.3, 0.4) is 0 Å². The number of carbonyl (C=O) groups is 1. The minimum absolute atomic E-state index is 0.0643. The molecule has 0 aliphatic carbocycles. The number of nitrogens with two attached hydrogens (primary N) is 1. The molecule has 6 heteroatoms. The fourth-order valence-corrected chi connectivity index (χ4v) is 2.62. The lowest BCUT2D eigenvalue weighted by Gasteiger charge is -2.27. The number of nitrogens with zero attached hydrogens (tertiary/aromatic N) is 2. The Labute approximate surface area is 111 Å². The Balaban J connectivity index is 1.80. The van der Waals surface area contributed by atoms with Gasteiger partial charge in [0.15, 0.2) is 5.13 Å². The minimum Gasteiger partial charge on any atom is -0.376 e. The van der Waals surface area contributed by atoms with E-state index in [1.165, 1.54) is 17.8 Å². The van der Waals surface area contributed by atoms with Gasteiger partial charge in [-0.2, -0.15) is 0 Å². The van der Waals surface area contributed by atoms with Gasteiger partial charge < -0.3 is 15.4 Å². The molecule has 1 aliphatic rings. The molecule has 1 unspecified atom stereocenters. The zero-order chi connectivity index (χ0) is 13.0. The Hall–Kier alpha value is -1.14. The molecule has 0 spiro atoms. The van der Waals surface area contributed by atoms with Crippen molar-refractivity contribution in [2.24, 2.45) is 0 Å². The molecule has 0 radical (unpaired) electrons. The number of amides is 1. The summed E-state index contributed by atoms with van der Waals surface area (Å²) in [6.07, 6.45) is 3.87. The molecule has 1 amide bonds. The lowest BCUT2D eigenvalue weighted by molar-refractivity contribution is -0.131. The monoisotopic (exact) mass is 269 g/mol. The van der Waals surface area contributed by atoms with Gasteiger partial charge in [0.1, 0.15) is 0 Å². The van der Waals surface area contributed by atoms with Crippen molar-refractivity contribution in [1.29, 1.82) is 0 Å². The van der Waals surface area contributed by atoms with Gasteiger partial charge in [-0.05, 0) is 19.3 Å². The van der Waals surface area contributed by atoms with Gasteiger partial charge in [-0.1, -0.05) is 0 Å². The van der Waals surface area contributed by atoms with E-state index in [9.17, 15) is 4.79 Å². The van der Waals surface area contributed by atoms with Crippen LogP contribution in [0, 0.1) is 0 Å². The molecule has 2 N–H and O–H groups in total. The predicted octanol–water partition coefficient (Wildman–Crippen LogP) is 1.30. The van der Waals surface area contributed by atoms with Gasteiger partial charge in [-0.3, -0.25) is 4.79 Å². The zero-order valence-electron chi connectivity index (χ0n) is 10.6. The summed E-state index contributed by atoms with van der Waals surface area (Å²) >= 11 is 1.37. The van der Waals surface area contributed by atoms with Crippen LogP contribution < -0.4 is 5.73 Å². The number of anilines is 1. The van der Waals surface area contributed by atoms with Crippen LogP contribution in [-0.2, 0) is 16.0 Å². The average Bonchev–Trinajstić information content (AvgIpc) is 2.76. The van der Waals surface area contributed by atoms with Crippen LogP contribution in [0.2, 0.25) is 0 Å². The van der Waals surface area contributed by atoms with Crippen molar-refractivity contribution in [3.8, 4) is 0 Å². The summed E-state index contributed by atoms with van der Waals surface area (Å²) in [4.78, 5) is 17.8. The van der Waals surface area contributed by atoms with E-state index in [0.717, 1.165) is 25.1 Å². The lowest BCUT2D eigenvalue weighted by atomic mass is 10.1. The van der Waals surface area contributed by atoms with E-state index in [1.807, 2.05) is 12.4 Å². The first-order valence-electron chi connectivity index (χ1n) is 6.20. The Kier molecular flexibility index (Phi) is 4.54. The maximum absolute atomic E-state index is 12.0. The Bertz CT molecular complexity index is 402. The third-order valence-electron chi connectivity index (χ3n) is 3.08. The van der Waals surface area contributed by atoms with Crippen LogP contribution in [0.1, 0.15) is 25.0 Å². The lowest BCUT2D eigenvalue weighted by Crippen LogP contribution is -2.37. The molecule has 2 rings (SSSR count). The van der Waals surface area contributed by atoms with E-state index in [0.29, 0.717) is 18.1 Å². The smallest absolute Gasteiger partial charge is 0.228 e. The fourth-order valence-electron chi connectivity index (χ4n) is 2.05. The molecule has 1 aromatic rings. The Morgan fingerprint density at radius 3 is 3.11 bits per heavy atom. The van der Waals surface area contributed by atoms with Crippen molar-refractivity contribution in [3.63, 3.8) is 0 Å². The molecule has 2 heterocycles. The third kappa shape index (κ3) is 3.68. The highest BCUT2D eigenvalue weighted by Crippen LogP contribution is 2.15. The number of nitrogen functional groups attached to an aromatic ring is 1. The summed E-state index contributed by atoms with van der Waals surface area (Å²) in [5, 5.41) is 2.34. The van der Waals surface area contributed by atoms with Crippen LogP contribution in [0.5, 0.6) is 0 Å². The number of aromatic nitrogens is 1. The molecule has 100 valence electrons. The first kappa shape index (κ1) is 13.3. The van der Waals surface area contributed by atoms with Gasteiger partial charge in [0.05, 0.1) is 18.2 Å². The first-order chi connectivity index (χ1) is 8.65. The second-order valence-corrected chi connectivity index (χ2v) is 5.51. The normalized spacial score (nSPS) is 19.7. The summed E-state index contributed by atoms with van der Waals surface area (Å²) in [5.41, 5.74) is 6.29. The fraction of sp³-hybridized carbons (Fsp3) is 0.667. The van der Waals surface area contributed by atoms with Crippen LogP contribution in [0.25, 0.3) is 0 Å². The van der Waals surface area contributed by atoms with E-state index in [-0.39, 0.29) is 12.0 Å². The Morgan fingerprint density at radius 2 is 2.50 bits per heavy atom. The number of thiazole rings is 1. The minimum atomic E-state index is 0.0643. The SMILES string of the molecule is CN(CC1CCCCO1)C(=O)Cc1csc(N)n1. The average molecular weight is 269 g/mol. The van der Waals surface area contributed by atoms with Crippen LogP contribution in [0.15, 0.2) is 5.38 Å².